The van der Waals surface area contributed by atoms with Crippen LogP contribution < -0.4 is 21.1 Å². The summed E-state index contributed by atoms with van der Waals surface area (Å²) in [5.41, 5.74) is 9.89. The van der Waals surface area contributed by atoms with Gasteiger partial charge in [0.2, 0.25) is 0 Å². The van der Waals surface area contributed by atoms with Gasteiger partial charge in [-0.25, -0.2) is 10.9 Å². The summed E-state index contributed by atoms with van der Waals surface area (Å²) in [4.78, 5) is 11.1. The van der Waals surface area contributed by atoms with Crippen molar-refractivity contribution >= 4 is 5.97 Å². The SMILES string of the molecule is O=C(O)C1NNNC1Oc1ccc(C#CCc2ccccc2)cc1. The summed E-state index contributed by atoms with van der Waals surface area (Å²) in [6.45, 7) is 0. The lowest BCUT2D eigenvalue weighted by Gasteiger charge is -2.16. The van der Waals surface area contributed by atoms with Crippen LogP contribution in [0.4, 0.5) is 0 Å². The highest BCUT2D eigenvalue weighted by Gasteiger charge is 2.34. The zero-order valence-electron chi connectivity index (χ0n) is 12.8. The van der Waals surface area contributed by atoms with E-state index in [0.29, 0.717) is 12.2 Å². The van der Waals surface area contributed by atoms with Crippen LogP contribution in [0.3, 0.4) is 0 Å². The lowest BCUT2D eigenvalue weighted by molar-refractivity contribution is -0.141. The lowest BCUT2D eigenvalue weighted by atomic mass is 10.1. The number of nitrogens with one attached hydrogen (secondary N) is 3. The molecule has 1 fully saturated rings. The van der Waals surface area contributed by atoms with Gasteiger partial charge in [-0.3, -0.25) is 4.79 Å². The summed E-state index contributed by atoms with van der Waals surface area (Å²) in [7, 11) is 0. The smallest absolute Gasteiger partial charge is 0.327 e. The molecule has 0 spiro atoms. The average molecular weight is 323 g/mol. The van der Waals surface area contributed by atoms with E-state index in [2.05, 4.69) is 28.2 Å². The Morgan fingerprint density at radius 2 is 1.83 bits per heavy atom. The van der Waals surface area contributed by atoms with Crippen molar-refractivity contribution in [2.75, 3.05) is 0 Å². The first-order chi connectivity index (χ1) is 11.7. The second-order valence-corrected chi connectivity index (χ2v) is 5.26. The van der Waals surface area contributed by atoms with Gasteiger partial charge in [0.1, 0.15) is 5.75 Å². The van der Waals surface area contributed by atoms with Crippen molar-refractivity contribution in [1.29, 1.82) is 0 Å². The molecular formula is C18H17N3O3. The van der Waals surface area contributed by atoms with E-state index in [1.54, 1.807) is 12.1 Å². The standard InChI is InChI=1S/C18H17N3O3/c22-18(23)16-17(20-21-19-16)24-15-11-9-14(10-12-15)8-4-7-13-5-2-1-3-6-13/h1-3,5-6,9-12,16-17,19-21H,7H2,(H,22,23). The number of hydrogen-bond donors (Lipinski definition) is 4. The second kappa shape index (κ2) is 7.62. The summed E-state index contributed by atoms with van der Waals surface area (Å²) in [5, 5.41) is 9.06. The Kier molecular flexibility index (Phi) is 5.08. The van der Waals surface area contributed by atoms with Crippen molar-refractivity contribution in [1.82, 2.24) is 16.4 Å². The maximum absolute atomic E-state index is 11.1. The zero-order chi connectivity index (χ0) is 16.8. The molecule has 2 aromatic carbocycles. The molecule has 1 aliphatic heterocycles. The maximum atomic E-state index is 11.1. The van der Waals surface area contributed by atoms with Gasteiger partial charge in [-0.15, -0.1) is 0 Å². The number of benzene rings is 2. The highest BCUT2D eigenvalue weighted by atomic mass is 16.5. The van der Waals surface area contributed by atoms with Crippen molar-refractivity contribution in [3.05, 3.63) is 65.7 Å². The molecule has 0 aliphatic carbocycles. The minimum Gasteiger partial charge on any atom is -0.480 e. The first-order valence-corrected chi connectivity index (χ1v) is 7.51. The van der Waals surface area contributed by atoms with Crippen LogP contribution in [0.2, 0.25) is 0 Å². The fourth-order valence-corrected chi connectivity index (χ4v) is 2.25. The Balaban J connectivity index is 1.59. The first-order valence-electron chi connectivity index (χ1n) is 7.51. The van der Waals surface area contributed by atoms with E-state index < -0.39 is 18.2 Å². The Hall–Kier alpha value is -2.85. The Bertz CT molecular complexity index is 751. The summed E-state index contributed by atoms with van der Waals surface area (Å²) in [5.74, 6) is 5.80. The van der Waals surface area contributed by atoms with E-state index in [0.717, 1.165) is 5.56 Å². The topological polar surface area (TPSA) is 82.6 Å². The van der Waals surface area contributed by atoms with Gasteiger partial charge in [0.15, 0.2) is 12.3 Å². The van der Waals surface area contributed by atoms with E-state index in [-0.39, 0.29) is 0 Å². The van der Waals surface area contributed by atoms with Crippen LogP contribution in [0.15, 0.2) is 54.6 Å². The monoisotopic (exact) mass is 323 g/mol. The average Bonchev–Trinajstić information content (AvgIpc) is 3.06. The number of carbonyl (C=O) groups is 1. The van der Waals surface area contributed by atoms with Crippen LogP contribution in [0.5, 0.6) is 5.75 Å². The van der Waals surface area contributed by atoms with E-state index in [1.165, 1.54) is 5.56 Å². The molecule has 0 bridgehead atoms. The number of carboxylic acid groups (broad SMARTS) is 1. The molecule has 6 heteroatoms. The summed E-state index contributed by atoms with van der Waals surface area (Å²) in [6.07, 6.45) is 0.000393. The van der Waals surface area contributed by atoms with Gasteiger partial charge in [0, 0.05) is 12.0 Å². The largest absolute Gasteiger partial charge is 0.480 e. The molecule has 1 heterocycles. The predicted molar refractivity (Wildman–Crippen MR) is 88.7 cm³/mol. The molecule has 0 aromatic heterocycles. The Labute approximate surface area is 139 Å². The maximum Gasteiger partial charge on any atom is 0.327 e. The van der Waals surface area contributed by atoms with Crippen LogP contribution in [0.1, 0.15) is 11.1 Å². The number of ether oxygens (including phenoxy) is 1. The zero-order valence-corrected chi connectivity index (χ0v) is 12.8. The number of hydrazine groups is 2. The molecule has 2 unspecified atom stereocenters. The number of rotatable bonds is 4. The molecule has 6 nitrogen and oxygen atoms in total. The normalized spacial score (nSPS) is 19.3. The molecule has 2 aromatic rings. The van der Waals surface area contributed by atoms with E-state index >= 15 is 0 Å². The third kappa shape index (κ3) is 4.12. The Morgan fingerprint density at radius 3 is 2.54 bits per heavy atom. The van der Waals surface area contributed by atoms with Crippen molar-refractivity contribution in [2.24, 2.45) is 0 Å². The van der Waals surface area contributed by atoms with Gasteiger partial charge in [0.05, 0.1) is 0 Å². The van der Waals surface area contributed by atoms with Crippen molar-refractivity contribution in [2.45, 2.75) is 18.7 Å². The highest BCUT2D eigenvalue weighted by molar-refractivity contribution is 5.74. The number of aliphatic carboxylic acids is 1. The minimum atomic E-state index is -0.999. The van der Waals surface area contributed by atoms with Gasteiger partial charge < -0.3 is 9.84 Å². The molecule has 3 rings (SSSR count). The van der Waals surface area contributed by atoms with Crippen LogP contribution in [0, 0.1) is 11.8 Å². The molecule has 1 aliphatic rings. The van der Waals surface area contributed by atoms with Crippen LogP contribution in [-0.4, -0.2) is 23.3 Å². The van der Waals surface area contributed by atoms with E-state index in [4.69, 9.17) is 9.84 Å². The molecular weight excluding hydrogens is 306 g/mol. The fraction of sp³-hybridized carbons (Fsp3) is 0.167. The fourth-order valence-electron chi connectivity index (χ4n) is 2.25. The molecule has 0 amide bonds. The van der Waals surface area contributed by atoms with Crippen LogP contribution in [0.25, 0.3) is 0 Å². The molecule has 0 radical (unpaired) electrons. The summed E-state index contributed by atoms with van der Waals surface area (Å²) >= 11 is 0. The first kappa shape index (κ1) is 16.0. The lowest BCUT2D eigenvalue weighted by Crippen LogP contribution is -2.44. The van der Waals surface area contributed by atoms with Gasteiger partial charge in [-0.1, -0.05) is 42.2 Å². The van der Waals surface area contributed by atoms with Gasteiger partial charge in [-0.2, -0.15) is 5.53 Å². The number of carboxylic acids is 1. The molecule has 4 N–H and O–H groups in total. The quantitative estimate of drug-likeness (QED) is 0.630. The minimum absolute atomic E-state index is 0.567. The molecule has 1 saturated heterocycles. The van der Waals surface area contributed by atoms with Crippen molar-refractivity contribution in [3.8, 4) is 17.6 Å². The van der Waals surface area contributed by atoms with Gasteiger partial charge >= 0.3 is 5.97 Å². The summed E-state index contributed by atoms with van der Waals surface area (Å²) in [6, 6.07) is 16.4. The van der Waals surface area contributed by atoms with Crippen LogP contribution in [-0.2, 0) is 11.2 Å². The van der Waals surface area contributed by atoms with Gasteiger partial charge in [0.25, 0.3) is 0 Å². The summed E-state index contributed by atoms with van der Waals surface area (Å²) < 4.78 is 5.61. The van der Waals surface area contributed by atoms with Crippen LogP contribution >= 0.6 is 0 Å². The van der Waals surface area contributed by atoms with Gasteiger partial charge in [-0.05, 0) is 29.8 Å². The van der Waals surface area contributed by atoms with Crippen molar-refractivity contribution < 1.29 is 14.6 Å². The third-order valence-electron chi connectivity index (χ3n) is 3.50. The molecule has 122 valence electrons. The second-order valence-electron chi connectivity index (χ2n) is 5.26. The Morgan fingerprint density at radius 1 is 1.08 bits per heavy atom. The molecule has 0 saturated carbocycles. The van der Waals surface area contributed by atoms with E-state index in [9.17, 15) is 4.79 Å². The highest BCUT2D eigenvalue weighted by Crippen LogP contribution is 2.15. The number of hydrogen-bond acceptors (Lipinski definition) is 5. The predicted octanol–water partition coefficient (Wildman–Crippen LogP) is 1.05. The molecule has 24 heavy (non-hydrogen) atoms. The third-order valence-corrected chi connectivity index (χ3v) is 3.50. The van der Waals surface area contributed by atoms with Crippen molar-refractivity contribution in [3.63, 3.8) is 0 Å². The van der Waals surface area contributed by atoms with E-state index in [1.807, 2.05) is 42.5 Å². The molecule has 2 atom stereocenters.